The van der Waals surface area contributed by atoms with Crippen molar-refractivity contribution in [2.45, 2.75) is 4.90 Å². The maximum atomic E-state index is 13.0. The molecule has 29 heavy (non-hydrogen) atoms. The van der Waals surface area contributed by atoms with Crippen molar-refractivity contribution in [3.63, 3.8) is 0 Å². The molecule has 0 saturated carbocycles. The molecule has 1 heterocycles. The Labute approximate surface area is 171 Å². The summed E-state index contributed by atoms with van der Waals surface area (Å²) in [6.45, 7) is 0. The highest BCUT2D eigenvalue weighted by Gasteiger charge is 2.21. The molecule has 1 aromatic heterocycles. The van der Waals surface area contributed by atoms with Crippen molar-refractivity contribution in [2.24, 2.45) is 0 Å². The van der Waals surface area contributed by atoms with Crippen LogP contribution in [0.5, 0.6) is 11.5 Å². The van der Waals surface area contributed by atoms with Gasteiger partial charge in [-0.25, -0.2) is 17.8 Å². The van der Waals surface area contributed by atoms with Crippen molar-refractivity contribution >= 4 is 32.2 Å². The second-order valence-corrected chi connectivity index (χ2v) is 8.71. The molecule has 0 fully saturated rings. The number of nitrogens with one attached hydrogen (secondary N) is 1. The van der Waals surface area contributed by atoms with Gasteiger partial charge in [0.15, 0.2) is 15.0 Å². The van der Waals surface area contributed by atoms with Crippen LogP contribution in [-0.4, -0.2) is 39.3 Å². The van der Waals surface area contributed by atoms with Crippen LogP contribution >= 0.6 is 11.3 Å². The van der Waals surface area contributed by atoms with Gasteiger partial charge in [-0.1, -0.05) is 0 Å². The van der Waals surface area contributed by atoms with E-state index in [1.165, 1.54) is 7.11 Å². The first-order valence-electron chi connectivity index (χ1n) is 8.28. The van der Waals surface area contributed by atoms with Crippen molar-refractivity contribution in [3.8, 4) is 22.8 Å². The Hall–Kier alpha value is -2.98. The number of benzene rings is 2. The predicted molar refractivity (Wildman–Crippen MR) is 108 cm³/mol. The number of hydrogen-bond donors (Lipinski definition) is 1. The summed E-state index contributed by atoms with van der Waals surface area (Å²) in [6, 6.07) is 9.53. The number of halogens is 1. The maximum absolute atomic E-state index is 13.0. The number of sulfone groups is 1. The summed E-state index contributed by atoms with van der Waals surface area (Å²) in [5.74, 6) is -0.891. The quantitative estimate of drug-likeness (QED) is 0.571. The molecule has 0 spiro atoms. The largest absolute Gasteiger partial charge is 0.497 e. The van der Waals surface area contributed by atoms with Gasteiger partial charge in [-0.05, 0) is 42.5 Å². The van der Waals surface area contributed by atoms with Crippen LogP contribution in [0.2, 0.25) is 0 Å². The molecule has 2 aromatic carbocycles. The topological polar surface area (TPSA) is 94.6 Å². The zero-order chi connectivity index (χ0) is 21.0. The molecule has 0 atom stereocenters. The number of nitrogens with zero attached hydrogens (tertiary/aromatic N) is 1. The number of thiazole rings is 1. The lowest BCUT2D eigenvalue weighted by Gasteiger charge is -2.08. The first-order chi connectivity index (χ1) is 13.8. The molecule has 0 bridgehead atoms. The third kappa shape index (κ3) is 4.90. The zero-order valence-electron chi connectivity index (χ0n) is 15.5. The molecule has 10 heteroatoms. The number of rotatable bonds is 7. The molecule has 3 aromatic rings. The molecule has 152 valence electrons. The number of ether oxygens (including phenoxy) is 2. The van der Waals surface area contributed by atoms with E-state index in [1.54, 1.807) is 30.7 Å². The van der Waals surface area contributed by atoms with E-state index in [9.17, 15) is 17.6 Å². The average Bonchev–Trinajstić information content (AvgIpc) is 3.15. The van der Waals surface area contributed by atoms with Gasteiger partial charge in [-0.2, -0.15) is 0 Å². The van der Waals surface area contributed by atoms with Crippen LogP contribution in [0.3, 0.4) is 0 Å². The van der Waals surface area contributed by atoms with E-state index in [2.05, 4.69) is 10.3 Å². The SMILES string of the molecule is COc1ccc(OC)c(-c2csc(NC(=O)CS(=O)(=O)c3ccc(F)cc3)n2)c1. The highest BCUT2D eigenvalue weighted by atomic mass is 32.2. The Bertz CT molecular complexity index is 1130. The fourth-order valence-electron chi connectivity index (χ4n) is 2.52. The first-order valence-corrected chi connectivity index (χ1v) is 10.8. The number of carbonyl (C=O) groups excluding carboxylic acids is 1. The number of methoxy groups -OCH3 is 2. The molecule has 7 nitrogen and oxygen atoms in total. The van der Waals surface area contributed by atoms with Crippen molar-refractivity contribution < 1.29 is 27.1 Å². The van der Waals surface area contributed by atoms with Crippen LogP contribution in [0, 0.1) is 5.82 Å². The molecule has 0 radical (unpaired) electrons. The summed E-state index contributed by atoms with van der Waals surface area (Å²) in [4.78, 5) is 16.4. The lowest BCUT2D eigenvalue weighted by molar-refractivity contribution is -0.113. The summed E-state index contributed by atoms with van der Waals surface area (Å²) in [5.41, 5.74) is 1.21. The molecule has 3 rings (SSSR count). The van der Waals surface area contributed by atoms with Gasteiger partial charge in [0.25, 0.3) is 0 Å². The smallest absolute Gasteiger partial charge is 0.241 e. The molecule has 0 aliphatic rings. The van der Waals surface area contributed by atoms with Crippen molar-refractivity contribution in [1.29, 1.82) is 0 Å². The second kappa shape index (κ2) is 8.58. The summed E-state index contributed by atoms with van der Waals surface area (Å²) in [5, 5.41) is 4.43. The van der Waals surface area contributed by atoms with E-state index >= 15 is 0 Å². The third-order valence-corrected chi connectivity index (χ3v) is 6.32. The van der Waals surface area contributed by atoms with E-state index in [0.717, 1.165) is 35.6 Å². The number of amides is 1. The molecular formula is C19H17FN2O5S2. The molecular weight excluding hydrogens is 419 g/mol. The van der Waals surface area contributed by atoms with Crippen LogP contribution in [0.15, 0.2) is 52.7 Å². The molecule has 0 saturated heterocycles. The monoisotopic (exact) mass is 436 g/mol. The van der Waals surface area contributed by atoms with Gasteiger partial charge < -0.3 is 14.8 Å². The Morgan fingerprint density at radius 2 is 1.86 bits per heavy atom. The Balaban J connectivity index is 1.75. The Morgan fingerprint density at radius 3 is 2.52 bits per heavy atom. The van der Waals surface area contributed by atoms with Crippen LogP contribution in [-0.2, 0) is 14.6 Å². The fraction of sp³-hybridized carbons (Fsp3) is 0.158. The second-order valence-electron chi connectivity index (χ2n) is 5.87. The van der Waals surface area contributed by atoms with Gasteiger partial charge in [0.2, 0.25) is 5.91 Å². The van der Waals surface area contributed by atoms with Crippen LogP contribution in [0.25, 0.3) is 11.3 Å². The van der Waals surface area contributed by atoms with Crippen LogP contribution < -0.4 is 14.8 Å². The number of aromatic nitrogens is 1. The highest BCUT2D eigenvalue weighted by Crippen LogP contribution is 2.35. The van der Waals surface area contributed by atoms with Crippen molar-refractivity contribution in [1.82, 2.24) is 4.98 Å². The van der Waals surface area contributed by atoms with Gasteiger partial charge in [-0.15, -0.1) is 11.3 Å². The lowest BCUT2D eigenvalue weighted by Crippen LogP contribution is -2.23. The van der Waals surface area contributed by atoms with E-state index in [-0.39, 0.29) is 10.0 Å². The minimum absolute atomic E-state index is 0.130. The third-order valence-electron chi connectivity index (χ3n) is 3.93. The molecule has 1 amide bonds. The maximum Gasteiger partial charge on any atom is 0.241 e. The molecule has 0 unspecified atom stereocenters. The summed E-state index contributed by atoms with van der Waals surface area (Å²) in [6.07, 6.45) is 0. The van der Waals surface area contributed by atoms with Gasteiger partial charge in [0, 0.05) is 10.9 Å². The number of carbonyl (C=O) groups is 1. The average molecular weight is 436 g/mol. The zero-order valence-corrected chi connectivity index (χ0v) is 17.1. The summed E-state index contributed by atoms with van der Waals surface area (Å²) < 4.78 is 48.1. The Morgan fingerprint density at radius 1 is 1.14 bits per heavy atom. The highest BCUT2D eigenvalue weighted by molar-refractivity contribution is 7.92. The Kier molecular flexibility index (Phi) is 6.14. The number of hydrogen-bond acceptors (Lipinski definition) is 7. The van der Waals surface area contributed by atoms with Gasteiger partial charge in [0.05, 0.1) is 24.8 Å². The predicted octanol–water partition coefficient (Wildman–Crippen LogP) is 3.38. The molecule has 1 N–H and O–H groups in total. The van der Waals surface area contributed by atoms with E-state index in [1.807, 2.05) is 0 Å². The standard InChI is InChI=1S/C19H17FN2O5S2/c1-26-13-5-8-17(27-2)15(9-13)16-10-28-19(21-16)22-18(23)11-29(24,25)14-6-3-12(20)4-7-14/h3-10H,11H2,1-2H3,(H,21,22,23). The van der Waals surface area contributed by atoms with Crippen LogP contribution in [0.1, 0.15) is 0 Å². The van der Waals surface area contributed by atoms with Gasteiger partial charge in [-0.3, -0.25) is 4.79 Å². The van der Waals surface area contributed by atoms with Crippen LogP contribution in [0.4, 0.5) is 9.52 Å². The van der Waals surface area contributed by atoms with Gasteiger partial charge in [0.1, 0.15) is 23.1 Å². The van der Waals surface area contributed by atoms with E-state index in [0.29, 0.717) is 22.8 Å². The molecule has 0 aliphatic heterocycles. The van der Waals surface area contributed by atoms with E-state index < -0.39 is 27.3 Å². The normalized spacial score (nSPS) is 11.1. The van der Waals surface area contributed by atoms with Gasteiger partial charge >= 0.3 is 0 Å². The minimum atomic E-state index is -3.90. The minimum Gasteiger partial charge on any atom is -0.497 e. The fourth-order valence-corrected chi connectivity index (χ4v) is 4.38. The summed E-state index contributed by atoms with van der Waals surface area (Å²) in [7, 11) is -0.830. The lowest BCUT2D eigenvalue weighted by atomic mass is 10.1. The first kappa shape index (κ1) is 20.7. The van der Waals surface area contributed by atoms with Crippen molar-refractivity contribution in [2.75, 3.05) is 25.3 Å². The van der Waals surface area contributed by atoms with Crippen molar-refractivity contribution in [3.05, 3.63) is 53.7 Å². The van der Waals surface area contributed by atoms with E-state index in [4.69, 9.17) is 9.47 Å². The molecule has 0 aliphatic carbocycles. The summed E-state index contributed by atoms with van der Waals surface area (Å²) >= 11 is 1.15. The number of anilines is 1.